The topological polar surface area (TPSA) is 93.5 Å². The molecule has 1 aromatic heterocycles. The van der Waals surface area contributed by atoms with Crippen LogP contribution in [0.25, 0.3) is 0 Å². The van der Waals surface area contributed by atoms with Crippen LogP contribution in [-0.4, -0.2) is 67.0 Å². The molecule has 1 aliphatic heterocycles. The van der Waals surface area contributed by atoms with E-state index in [1.807, 2.05) is 0 Å². The Morgan fingerprint density at radius 3 is 2.75 bits per heavy atom. The van der Waals surface area contributed by atoms with Crippen molar-refractivity contribution in [2.24, 2.45) is 0 Å². The fraction of sp³-hybridized carbons (Fsp3) is 0.733. The number of hydrogen-bond donors (Lipinski definition) is 1. The third-order valence-electron chi connectivity index (χ3n) is 4.05. The van der Waals surface area contributed by atoms with E-state index in [1.165, 1.54) is 11.4 Å². The summed E-state index contributed by atoms with van der Waals surface area (Å²) in [6.07, 6.45) is 3.96. The van der Waals surface area contributed by atoms with Gasteiger partial charge in [-0.05, 0) is 25.3 Å². The van der Waals surface area contributed by atoms with Gasteiger partial charge in [0.25, 0.3) is 5.91 Å². The van der Waals surface area contributed by atoms with Crippen molar-refractivity contribution in [3.8, 4) is 0 Å². The highest BCUT2D eigenvalue weighted by molar-refractivity contribution is 7.89. The number of amides is 1. The highest BCUT2D eigenvalue weighted by Gasteiger charge is 2.28. The van der Waals surface area contributed by atoms with Crippen LogP contribution in [0.4, 0.5) is 0 Å². The molecule has 0 atom stereocenters. The molecule has 1 fully saturated rings. The molecule has 1 N–H and O–H groups in total. The van der Waals surface area contributed by atoms with Gasteiger partial charge in [0, 0.05) is 39.0 Å². The Labute approximate surface area is 143 Å². The van der Waals surface area contributed by atoms with Crippen LogP contribution in [0.15, 0.2) is 12.3 Å². The van der Waals surface area contributed by atoms with E-state index < -0.39 is 10.0 Å². The van der Waals surface area contributed by atoms with Gasteiger partial charge >= 0.3 is 0 Å². The average molecular weight is 358 g/mol. The maximum atomic E-state index is 12.2. The number of hydrogen-bond acceptors (Lipinski definition) is 5. The summed E-state index contributed by atoms with van der Waals surface area (Å²) < 4.78 is 32.3. The summed E-state index contributed by atoms with van der Waals surface area (Å²) in [5, 5.41) is 7.18. The lowest BCUT2D eigenvalue weighted by atomic mass is 10.1. The third-order valence-corrected chi connectivity index (χ3v) is 5.89. The van der Waals surface area contributed by atoms with Gasteiger partial charge in [0.15, 0.2) is 0 Å². The summed E-state index contributed by atoms with van der Waals surface area (Å²) in [4.78, 5) is 12.2. The van der Waals surface area contributed by atoms with Crippen molar-refractivity contribution >= 4 is 15.9 Å². The van der Waals surface area contributed by atoms with Crippen molar-refractivity contribution in [1.29, 1.82) is 0 Å². The Hall–Kier alpha value is -1.45. The molecule has 0 spiro atoms. The van der Waals surface area contributed by atoms with Crippen LogP contribution in [0.5, 0.6) is 0 Å². The Bertz CT molecular complexity index is 636. The molecule has 8 nitrogen and oxygen atoms in total. The number of piperidine rings is 1. The van der Waals surface area contributed by atoms with E-state index in [2.05, 4.69) is 17.3 Å². The third kappa shape index (κ3) is 5.02. The van der Waals surface area contributed by atoms with Gasteiger partial charge in [0.1, 0.15) is 5.69 Å². The Kier molecular flexibility index (Phi) is 6.76. The minimum atomic E-state index is -3.27. The van der Waals surface area contributed by atoms with Gasteiger partial charge in [-0.15, -0.1) is 0 Å². The first-order valence-electron chi connectivity index (χ1n) is 8.27. The predicted octanol–water partition coefficient (Wildman–Crippen LogP) is 0.464. The van der Waals surface area contributed by atoms with Crippen LogP contribution in [-0.2, 0) is 21.3 Å². The number of nitrogens with one attached hydrogen (secondary N) is 1. The number of nitrogens with zero attached hydrogens (tertiary/aromatic N) is 3. The van der Waals surface area contributed by atoms with Gasteiger partial charge in [-0.3, -0.25) is 9.48 Å². The van der Waals surface area contributed by atoms with Crippen LogP contribution in [0.1, 0.15) is 36.7 Å². The smallest absolute Gasteiger partial charge is 0.271 e. The van der Waals surface area contributed by atoms with E-state index in [0.717, 1.165) is 13.0 Å². The summed E-state index contributed by atoms with van der Waals surface area (Å²) in [6, 6.07) is 1.68. The fourth-order valence-corrected chi connectivity index (χ4v) is 4.09. The monoisotopic (exact) mass is 358 g/mol. The van der Waals surface area contributed by atoms with Crippen molar-refractivity contribution in [3.63, 3.8) is 0 Å². The molecule has 2 heterocycles. The maximum absolute atomic E-state index is 12.2. The van der Waals surface area contributed by atoms with Crippen LogP contribution in [0.3, 0.4) is 0 Å². The van der Waals surface area contributed by atoms with E-state index in [4.69, 9.17) is 4.74 Å². The van der Waals surface area contributed by atoms with Crippen molar-refractivity contribution in [3.05, 3.63) is 18.0 Å². The zero-order valence-electron chi connectivity index (χ0n) is 14.3. The first-order chi connectivity index (χ1) is 11.5. The first kappa shape index (κ1) is 18.9. The van der Waals surface area contributed by atoms with Gasteiger partial charge in [0.2, 0.25) is 10.0 Å². The molecule has 0 bridgehead atoms. The van der Waals surface area contributed by atoms with Crippen molar-refractivity contribution in [1.82, 2.24) is 19.4 Å². The molecule has 24 heavy (non-hydrogen) atoms. The van der Waals surface area contributed by atoms with Gasteiger partial charge in [-0.2, -0.15) is 5.10 Å². The highest BCUT2D eigenvalue weighted by Crippen LogP contribution is 2.15. The molecule has 1 aliphatic rings. The number of aromatic nitrogens is 2. The van der Waals surface area contributed by atoms with Gasteiger partial charge in [-0.1, -0.05) is 6.92 Å². The first-order valence-corrected chi connectivity index (χ1v) is 9.88. The lowest BCUT2D eigenvalue weighted by Crippen LogP contribution is -2.47. The molecule has 2 rings (SSSR count). The molecule has 0 saturated carbocycles. The van der Waals surface area contributed by atoms with E-state index >= 15 is 0 Å². The molecule has 0 aliphatic carbocycles. The Balaban J connectivity index is 1.83. The number of rotatable bonds is 8. The van der Waals surface area contributed by atoms with E-state index in [0.29, 0.717) is 31.6 Å². The van der Waals surface area contributed by atoms with Crippen molar-refractivity contribution in [2.75, 3.05) is 32.6 Å². The Morgan fingerprint density at radius 1 is 1.42 bits per heavy atom. The van der Waals surface area contributed by atoms with Crippen molar-refractivity contribution in [2.45, 2.75) is 38.8 Å². The number of aryl methyl sites for hydroxylation is 1. The lowest BCUT2D eigenvalue weighted by molar-refractivity contribution is 0.0918. The zero-order chi connectivity index (χ0) is 17.6. The molecule has 9 heteroatoms. The van der Waals surface area contributed by atoms with Crippen LogP contribution in [0, 0.1) is 0 Å². The normalized spacial score (nSPS) is 17.1. The van der Waals surface area contributed by atoms with Crippen molar-refractivity contribution < 1.29 is 17.9 Å². The molecule has 0 aromatic carbocycles. The molecule has 0 unspecified atom stereocenters. The zero-order valence-corrected chi connectivity index (χ0v) is 15.1. The standard InChI is InChI=1S/C15H26N4O4S/c1-3-7-18-8-6-14(17-18)15(20)16-13-4-9-19(10-5-13)24(21,22)12-11-23-2/h6,8,13H,3-5,7,9-12H2,1-2H3,(H,16,20). The van der Waals surface area contributed by atoms with Gasteiger partial charge in [-0.25, -0.2) is 12.7 Å². The van der Waals surface area contributed by atoms with Gasteiger partial charge in [0.05, 0.1) is 12.4 Å². The predicted molar refractivity (Wildman–Crippen MR) is 90.2 cm³/mol. The average Bonchev–Trinajstić information content (AvgIpc) is 3.03. The number of carbonyl (C=O) groups is 1. The lowest BCUT2D eigenvalue weighted by Gasteiger charge is -2.31. The summed E-state index contributed by atoms with van der Waals surface area (Å²) in [5.41, 5.74) is 0.401. The van der Waals surface area contributed by atoms with Gasteiger partial charge < -0.3 is 10.1 Å². The SMILES string of the molecule is CCCn1ccc(C(=O)NC2CCN(S(=O)(=O)CCOC)CC2)n1. The summed E-state index contributed by atoms with van der Waals surface area (Å²) in [5.74, 6) is -0.208. The molecule has 0 radical (unpaired) electrons. The second-order valence-corrected chi connectivity index (χ2v) is 8.01. The largest absolute Gasteiger partial charge is 0.384 e. The summed E-state index contributed by atoms with van der Waals surface area (Å²) >= 11 is 0. The number of methoxy groups -OCH3 is 1. The van der Waals surface area contributed by atoms with E-state index in [9.17, 15) is 13.2 Å². The number of carbonyl (C=O) groups excluding carboxylic acids is 1. The minimum Gasteiger partial charge on any atom is -0.384 e. The highest BCUT2D eigenvalue weighted by atomic mass is 32.2. The number of ether oxygens (including phenoxy) is 1. The molecule has 136 valence electrons. The van der Waals surface area contributed by atoms with Crippen LogP contribution in [0.2, 0.25) is 0 Å². The minimum absolute atomic E-state index is 0.00457. The number of sulfonamides is 1. The molecule has 1 amide bonds. The van der Waals surface area contributed by atoms with Crippen LogP contribution < -0.4 is 5.32 Å². The molecule has 1 saturated heterocycles. The quantitative estimate of drug-likeness (QED) is 0.729. The van der Waals surface area contributed by atoms with E-state index in [-0.39, 0.29) is 24.3 Å². The second kappa shape index (κ2) is 8.59. The maximum Gasteiger partial charge on any atom is 0.271 e. The summed E-state index contributed by atoms with van der Waals surface area (Å²) in [6.45, 7) is 3.86. The second-order valence-electron chi connectivity index (χ2n) is 5.92. The van der Waals surface area contributed by atoms with Crippen LogP contribution >= 0.6 is 0 Å². The molecular formula is C15H26N4O4S. The summed E-state index contributed by atoms with van der Waals surface area (Å²) in [7, 11) is -1.79. The fourth-order valence-electron chi connectivity index (χ4n) is 2.69. The molecular weight excluding hydrogens is 332 g/mol. The Morgan fingerprint density at radius 2 is 2.12 bits per heavy atom. The van der Waals surface area contributed by atoms with E-state index in [1.54, 1.807) is 16.9 Å². The molecule has 1 aromatic rings.